The zero-order chi connectivity index (χ0) is 20.4. The molecular formula is C22H18N2O4S. The molecule has 1 fully saturated rings. The van der Waals surface area contributed by atoms with Crippen LogP contribution in [0.5, 0.6) is 5.75 Å². The number of Topliss-reactive ketones (excluding diaryl/α,β-unsaturated/α-hetero) is 1. The molecule has 6 nitrogen and oxygen atoms in total. The molecule has 3 heterocycles. The van der Waals surface area contributed by atoms with E-state index in [1.54, 1.807) is 42.7 Å². The van der Waals surface area contributed by atoms with Gasteiger partial charge in [-0.15, -0.1) is 11.3 Å². The molecule has 0 aliphatic carbocycles. The molecule has 1 aromatic carbocycles. The van der Waals surface area contributed by atoms with Crippen molar-refractivity contribution in [3.63, 3.8) is 0 Å². The predicted octanol–water partition coefficient (Wildman–Crippen LogP) is 3.77. The Hall–Kier alpha value is -3.45. The first kappa shape index (κ1) is 18.9. The van der Waals surface area contributed by atoms with Gasteiger partial charge in [-0.05, 0) is 35.2 Å². The maximum Gasteiger partial charge on any atom is 0.295 e. The molecule has 1 saturated heterocycles. The molecule has 1 aliphatic rings. The lowest BCUT2D eigenvalue weighted by molar-refractivity contribution is -0.140. The van der Waals surface area contributed by atoms with Crippen molar-refractivity contribution >= 4 is 28.8 Å². The lowest BCUT2D eigenvalue weighted by Gasteiger charge is -2.24. The predicted molar refractivity (Wildman–Crippen MR) is 109 cm³/mol. The van der Waals surface area contributed by atoms with Crippen LogP contribution in [0, 0.1) is 0 Å². The van der Waals surface area contributed by atoms with Crippen LogP contribution >= 0.6 is 11.3 Å². The van der Waals surface area contributed by atoms with Crippen molar-refractivity contribution in [3.05, 3.63) is 87.9 Å². The highest BCUT2D eigenvalue weighted by atomic mass is 32.1. The van der Waals surface area contributed by atoms with Gasteiger partial charge in [0.2, 0.25) is 0 Å². The van der Waals surface area contributed by atoms with Crippen LogP contribution in [0.1, 0.15) is 22.0 Å². The summed E-state index contributed by atoms with van der Waals surface area (Å²) in [6.07, 6.45) is 3.31. The van der Waals surface area contributed by atoms with E-state index < -0.39 is 17.7 Å². The van der Waals surface area contributed by atoms with Gasteiger partial charge in [-0.2, -0.15) is 0 Å². The molecule has 1 aliphatic heterocycles. The zero-order valence-electron chi connectivity index (χ0n) is 15.6. The lowest BCUT2D eigenvalue weighted by atomic mass is 9.99. The largest absolute Gasteiger partial charge is 0.507 e. The fourth-order valence-electron chi connectivity index (χ4n) is 3.46. The minimum absolute atomic E-state index is 0.0610. The zero-order valence-corrected chi connectivity index (χ0v) is 16.4. The number of para-hydroxylation sites is 1. The Balaban J connectivity index is 1.86. The molecule has 146 valence electrons. The number of hydrogen-bond acceptors (Lipinski definition) is 6. The number of benzene rings is 1. The summed E-state index contributed by atoms with van der Waals surface area (Å²) in [5, 5.41) is 12.9. The van der Waals surface area contributed by atoms with E-state index in [0.717, 1.165) is 10.4 Å². The third-order valence-electron chi connectivity index (χ3n) is 4.79. The van der Waals surface area contributed by atoms with Crippen LogP contribution in [0.3, 0.4) is 0 Å². The quantitative estimate of drug-likeness (QED) is 0.396. The van der Waals surface area contributed by atoms with Crippen LogP contribution in [-0.4, -0.2) is 33.8 Å². The first-order valence-corrected chi connectivity index (χ1v) is 9.84. The average molecular weight is 406 g/mol. The van der Waals surface area contributed by atoms with E-state index >= 15 is 0 Å². The molecule has 1 amide bonds. The van der Waals surface area contributed by atoms with Crippen LogP contribution in [0.4, 0.5) is 0 Å². The Morgan fingerprint density at radius 3 is 2.69 bits per heavy atom. The fourth-order valence-corrected chi connectivity index (χ4v) is 4.30. The number of hydrogen-bond donors (Lipinski definition) is 1. The Labute approximate surface area is 171 Å². The molecule has 3 aromatic rings. The molecule has 7 heteroatoms. The van der Waals surface area contributed by atoms with Gasteiger partial charge in [-0.25, -0.2) is 0 Å². The van der Waals surface area contributed by atoms with Crippen molar-refractivity contribution in [2.24, 2.45) is 0 Å². The summed E-state index contributed by atoms with van der Waals surface area (Å²) in [5.41, 5.74) is 1.23. The maximum atomic E-state index is 13.0. The molecule has 1 unspecified atom stereocenters. The number of pyridine rings is 1. The van der Waals surface area contributed by atoms with Gasteiger partial charge >= 0.3 is 0 Å². The van der Waals surface area contributed by atoms with Crippen LogP contribution in [0.25, 0.3) is 5.76 Å². The Morgan fingerprint density at radius 1 is 1.17 bits per heavy atom. The average Bonchev–Trinajstić information content (AvgIpc) is 3.37. The number of amides is 1. The number of nitrogens with zero attached hydrogens (tertiary/aromatic N) is 2. The summed E-state index contributed by atoms with van der Waals surface area (Å²) in [7, 11) is 1.49. The summed E-state index contributed by atoms with van der Waals surface area (Å²) in [4.78, 5) is 32.2. The molecule has 0 spiro atoms. The Morgan fingerprint density at radius 2 is 2.00 bits per heavy atom. The highest BCUT2D eigenvalue weighted by Gasteiger charge is 2.46. The van der Waals surface area contributed by atoms with Gasteiger partial charge in [-0.1, -0.05) is 24.3 Å². The molecule has 1 atom stereocenters. The van der Waals surface area contributed by atoms with Crippen molar-refractivity contribution in [2.75, 3.05) is 7.11 Å². The number of aliphatic hydroxyl groups is 1. The molecule has 0 radical (unpaired) electrons. The van der Waals surface area contributed by atoms with Crippen LogP contribution in [-0.2, 0) is 16.1 Å². The number of thiophene rings is 1. The number of likely N-dealkylation sites (tertiary alicyclic amines) is 1. The number of carbonyl (C=O) groups is 2. The van der Waals surface area contributed by atoms with Crippen LogP contribution < -0.4 is 4.74 Å². The standard InChI is InChI=1S/C22H18N2O4S/c1-28-16-8-3-2-7-15(16)20(25)18-19(17-9-5-11-29-17)24(22(27)21(18)26)13-14-6-4-10-23-12-14/h2-12,19,25H,13H2,1H3/b20-18-. The van der Waals surface area contributed by atoms with Gasteiger partial charge < -0.3 is 14.7 Å². The maximum absolute atomic E-state index is 13.0. The second-order valence-corrected chi connectivity index (χ2v) is 7.48. The first-order chi connectivity index (χ1) is 14.1. The number of carbonyl (C=O) groups excluding carboxylic acids is 2. The second kappa shape index (κ2) is 7.89. The molecule has 29 heavy (non-hydrogen) atoms. The highest BCUT2D eigenvalue weighted by Crippen LogP contribution is 2.42. The summed E-state index contributed by atoms with van der Waals surface area (Å²) >= 11 is 1.43. The van der Waals surface area contributed by atoms with Gasteiger partial charge in [0.15, 0.2) is 0 Å². The van der Waals surface area contributed by atoms with Gasteiger partial charge in [0.05, 0.1) is 24.3 Å². The van der Waals surface area contributed by atoms with E-state index in [4.69, 9.17) is 4.74 Å². The first-order valence-electron chi connectivity index (χ1n) is 8.96. The summed E-state index contributed by atoms with van der Waals surface area (Å²) in [6.45, 7) is 0.212. The number of ether oxygens (including phenoxy) is 1. The van der Waals surface area contributed by atoms with E-state index in [0.29, 0.717) is 11.3 Å². The van der Waals surface area contributed by atoms with Crippen molar-refractivity contribution in [1.29, 1.82) is 0 Å². The fraction of sp³-hybridized carbons (Fsp3) is 0.136. The van der Waals surface area contributed by atoms with E-state index in [2.05, 4.69) is 4.98 Å². The normalized spacial score (nSPS) is 18.2. The second-order valence-electron chi connectivity index (χ2n) is 6.50. The van der Waals surface area contributed by atoms with E-state index in [-0.39, 0.29) is 17.9 Å². The topological polar surface area (TPSA) is 79.7 Å². The third-order valence-corrected chi connectivity index (χ3v) is 5.72. The summed E-state index contributed by atoms with van der Waals surface area (Å²) < 4.78 is 5.33. The molecule has 0 bridgehead atoms. The third kappa shape index (κ3) is 3.40. The van der Waals surface area contributed by atoms with Crippen LogP contribution in [0.15, 0.2) is 71.9 Å². The van der Waals surface area contributed by atoms with Crippen molar-refractivity contribution in [2.45, 2.75) is 12.6 Å². The van der Waals surface area contributed by atoms with E-state index in [1.807, 2.05) is 23.6 Å². The molecule has 2 aromatic heterocycles. The highest BCUT2D eigenvalue weighted by molar-refractivity contribution is 7.10. The van der Waals surface area contributed by atoms with Gasteiger partial charge in [0.1, 0.15) is 11.5 Å². The number of ketones is 1. The van der Waals surface area contributed by atoms with Gasteiger partial charge in [0.25, 0.3) is 11.7 Å². The van der Waals surface area contributed by atoms with Crippen molar-refractivity contribution in [3.8, 4) is 5.75 Å². The lowest BCUT2D eigenvalue weighted by Crippen LogP contribution is -2.28. The van der Waals surface area contributed by atoms with Crippen molar-refractivity contribution in [1.82, 2.24) is 9.88 Å². The number of rotatable bonds is 5. The van der Waals surface area contributed by atoms with Gasteiger partial charge in [0, 0.05) is 23.8 Å². The molecule has 1 N–H and O–H groups in total. The smallest absolute Gasteiger partial charge is 0.295 e. The summed E-state index contributed by atoms with van der Waals surface area (Å²) in [5.74, 6) is -1.18. The monoisotopic (exact) mass is 406 g/mol. The Kier molecular flexibility index (Phi) is 5.14. The molecule has 0 saturated carbocycles. The van der Waals surface area contributed by atoms with Crippen molar-refractivity contribution < 1.29 is 19.4 Å². The molecular weight excluding hydrogens is 388 g/mol. The van der Waals surface area contributed by atoms with Crippen LogP contribution in [0.2, 0.25) is 0 Å². The Bertz CT molecular complexity index is 1080. The minimum atomic E-state index is -0.712. The number of aliphatic hydroxyl groups excluding tert-OH is 1. The minimum Gasteiger partial charge on any atom is -0.507 e. The van der Waals surface area contributed by atoms with E-state index in [1.165, 1.54) is 23.3 Å². The summed E-state index contributed by atoms with van der Waals surface area (Å²) in [6, 6.07) is 13.5. The number of methoxy groups -OCH3 is 1. The number of aromatic nitrogens is 1. The van der Waals surface area contributed by atoms with Gasteiger partial charge in [-0.3, -0.25) is 14.6 Å². The SMILES string of the molecule is COc1ccccc1/C(O)=C1/C(=O)C(=O)N(Cc2cccnc2)C1c1cccs1. The molecule has 4 rings (SSSR count). The van der Waals surface area contributed by atoms with E-state index in [9.17, 15) is 14.7 Å².